The lowest BCUT2D eigenvalue weighted by molar-refractivity contribution is -0.154. The van der Waals surface area contributed by atoms with Gasteiger partial charge in [-0.15, -0.1) is 0 Å². The molecule has 2 aliphatic heterocycles. The van der Waals surface area contributed by atoms with Crippen LogP contribution in [0.5, 0.6) is 0 Å². The van der Waals surface area contributed by atoms with E-state index in [0.29, 0.717) is 6.61 Å². The van der Waals surface area contributed by atoms with E-state index in [1.165, 1.54) is 10.4 Å². The fourth-order valence-corrected chi connectivity index (χ4v) is 9.23. The summed E-state index contributed by atoms with van der Waals surface area (Å²) in [6.07, 6.45) is 3.15. The van der Waals surface area contributed by atoms with Gasteiger partial charge in [0.1, 0.15) is 18.3 Å². The van der Waals surface area contributed by atoms with Gasteiger partial charge in [-0.1, -0.05) is 81.4 Å². The van der Waals surface area contributed by atoms with Gasteiger partial charge in [-0.2, -0.15) is 0 Å². The number of fused-ring (bicyclic) bond motifs is 1. The Kier molecular flexibility index (Phi) is 5.66. The fraction of sp³-hybridized carbons (Fsp3) is 0.440. The highest BCUT2D eigenvalue weighted by Crippen LogP contribution is 2.38. The molecule has 160 valence electrons. The van der Waals surface area contributed by atoms with Crippen molar-refractivity contribution in [3.05, 3.63) is 73.0 Å². The Morgan fingerprint density at radius 2 is 1.47 bits per heavy atom. The van der Waals surface area contributed by atoms with E-state index in [1.807, 2.05) is 19.9 Å². The van der Waals surface area contributed by atoms with E-state index < -0.39 is 14.1 Å². The summed E-state index contributed by atoms with van der Waals surface area (Å²) < 4.78 is 25.2. The van der Waals surface area contributed by atoms with Crippen molar-refractivity contribution in [2.75, 3.05) is 6.61 Å². The first-order valence-corrected chi connectivity index (χ1v) is 12.6. The fourth-order valence-electron chi connectivity index (χ4n) is 4.66. The van der Waals surface area contributed by atoms with E-state index in [-0.39, 0.29) is 23.4 Å². The van der Waals surface area contributed by atoms with E-state index in [0.717, 1.165) is 0 Å². The van der Waals surface area contributed by atoms with Crippen LogP contribution in [0.2, 0.25) is 5.04 Å². The molecule has 0 amide bonds. The molecule has 0 N–H and O–H groups in total. The molecule has 0 aromatic heterocycles. The van der Waals surface area contributed by atoms with Gasteiger partial charge in [-0.25, -0.2) is 0 Å². The Morgan fingerprint density at radius 3 is 2.00 bits per heavy atom. The average Bonchev–Trinajstić information content (AvgIpc) is 3.03. The van der Waals surface area contributed by atoms with Crippen LogP contribution < -0.4 is 10.4 Å². The summed E-state index contributed by atoms with van der Waals surface area (Å²) in [4.78, 5) is 0. The smallest absolute Gasteiger partial charge is 0.261 e. The van der Waals surface area contributed by atoms with Crippen LogP contribution in [0.1, 0.15) is 34.6 Å². The molecule has 2 aromatic carbocycles. The quantitative estimate of drug-likeness (QED) is 0.680. The van der Waals surface area contributed by atoms with Gasteiger partial charge in [-0.05, 0) is 35.3 Å². The Morgan fingerprint density at radius 1 is 0.900 bits per heavy atom. The predicted molar refractivity (Wildman–Crippen MR) is 121 cm³/mol. The molecule has 0 radical (unpaired) electrons. The number of hydrogen-bond acceptors (Lipinski definition) is 4. The maximum absolute atomic E-state index is 7.03. The van der Waals surface area contributed by atoms with Crippen molar-refractivity contribution in [2.24, 2.45) is 0 Å². The summed E-state index contributed by atoms with van der Waals surface area (Å²) in [5.74, 6) is -0.622. The zero-order valence-corrected chi connectivity index (χ0v) is 19.5. The molecule has 2 aromatic rings. The molecule has 1 fully saturated rings. The third kappa shape index (κ3) is 3.87. The van der Waals surface area contributed by atoms with Gasteiger partial charge in [0.15, 0.2) is 5.79 Å². The predicted octanol–water partition coefficient (Wildman–Crippen LogP) is 4.00. The van der Waals surface area contributed by atoms with E-state index in [9.17, 15) is 0 Å². The minimum atomic E-state index is -2.61. The van der Waals surface area contributed by atoms with Crippen molar-refractivity contribution < 1.29 is 18.6 Å². The van der Waals surface area contributed by atoms with Gasteiger partial charge in [-0.3, -0.25) is 0 Å². The van der Waals surface area contributed by atoms with Gasteiger partial charge in [0.05, 0.1) is 12.9 Å². The number of hydrogen-bond donors (Lipinski definition) is 0. The molecule has 2 heterocycles. The maximum Gasteiger partial charge on any atom is 0.261 e. The molecule has 1 saturated heterocycles. The first-order chi connectivity index (χ1) is 14.2. The van der Waals surface area contributed by atoms with Gasteiger partial charge >= 0.3 is 0 Å². The number of ether oxygens (including phenoxy) is 3. The minimum absolute atomic E-state index is 0.0775. The first-order valence-electron chi connectivity index (χ1n) is 10.7. The summed E-state index contributed by atoms with van der Waals surface area (Å²) in [5, 5.41) is 2.44. The van der Waals surface area contributed by atoms with Crippen LogP contribution in [0.4, 0.5) is 0 Å². The van der Waals surface area contributed by atoms with Crippen LogP contribution in [0.25, 0.3) is 0 Å². The lowest BCUT2D eigenvalue weighted by atomic mass is 10.1. The summed E-state index contributed by atoms with van der Waals surface area (Å²) in [7, 11) is -2.61. The van der Waals surface area contributed by atoms with E-state index in [1.54, 1.807) is 6.26 Å². The van der Waals surface area contributed by atoms with E-state index in [2.05, 4.69) is 81.4 Å². The molecule has 5 heteroatoms. The molecular weight excluding hydrogens is 392 g/mol. The Bertz CT molecular complexity index is 834. The maximum atomic E-state index is 7.03. The third-order valence-electron chi connectivity index (χ3n) is 5.93. The Balaban J connectivity index is 1.70. The first kappa shape index (κ1) is 21.3. The molecule has 3 atom stereocenters. The van der Waals surface area contributed by atoms with Crippen molar-refractivity contribution in [3.63, 3.8) is 0 Å². The molecule has 0 unspecified atom stereocenters. The molecule has 30 heavy (non-hydrogen) atoms. The lowest BCUT2D eigenvalue weighted by Crippen LogP contribution is -2.67. The summed E-state index contributed by atoms with van der Waals surface area (Å²) in [6.45, 7) is 11.2. The molecule has 0 bridgehead atoms. The van der Waals surface area contributed by atoms with Crippen molar-refractivity contribution in [1.82, 2.24) is 0 Å². The normalized spacial score (nSPS) is 25.6. The molecule has 0 spiro atoms. The van der Waals surface area contributed by atoms with Crippen molar-refractivity contribution in [2.45, 2.75) is 63.8 Å². The van der Waals surface area contributed by atoms with Crippen molar-refractivity contribution in [3.8, 4) is 0 Å². The second-order valence-electron chi connectivity index (χ2n) is 9.54. The Labute approximate surface area is 180 Å². The standard InChI is InChI=1S/C25H32O4Si/c1-24(2,3)30(19-12-8-6-9-13-19,20-14-10-7-11-15-20)27-18-22-23-21(16-17-26-22)28-25(4,5)29-23/h6-17,21-23H,18H2,1-5H3/t21-,22-,23-/m1/s1. The average molecular weight is 425 g/mol. The largest absolute Gasteiger partial charge is 0.493 e. The lowest BCUT2D eigenvalue weighted by Gasteiger charge is -2.44. The van der Waals surface area contributed by atoms with Crippen LogP contribution >= 0.6 is 0 Å². The van der Waals surface area contributed by atoms with Crippen LogP contribution in [0, 0.1) is 0 Å². The summed E-state index contributed by atoms with van der Waals surface area (Å²) in [6, 6.07) is 21.3. The monoisotopic (exact) mass is 424 g/mol. The second-order valence-corrected chi connectivity index (χ2v) is 13.8. The van der Waals surface area contributed by atoms with Crippen LogP contribution in [0.3, 0.4) is 0 Å². The summed E-state index contributed by atoms with van der Waals surface area (Å²) >= 11 is 0. The van der Waals surface area contributed by atoms with Gasteiger partial charge in [0.25, 0.3) is 8.32 Å². The zero-order chi connectivity index (χ0) is 21.4. The molecule has 4 rings (SSSR count). The highest BCUT2D eigenvalue weighted by atomic mass is 28.4. The van der Waals surface area contributed by atoms with Crippen LogP contribution in [-0.4, -0.2) is 39.0 Å². The Hall–Kier alpha value is -1.92. The van der Waals surface area contributed by atoms with Gasteiger partial charge in [0.2, 0.25) is 0 Å². The van der Waals surface area contributed by atoms with Crippen molar-refractivity contribution >= 4 is 18.7 Å². The van der Waals surface area contributed by atoms with E-state index >= 15 is 0 Å². The third-order valence-corrected chi connectivity index (χ3v) is 10.9. The second kappa shape index (κ2) is 7.97. The zero-order valence-electron chi connectivity index (χ0n) is 18.5. The molecular formula is C25H32O4Si. The highest BCUT2D eigenvalue weighted by Gasteiger charge is 2.52. The molecule has 2 aliphatic rings. The molecule has 4 nitrogen and oxygen atoms in total. The summed E-state index contributed by atoms with van der Waals surface area (Å²) in [5.41, 5.74) is 0. The molecule has 0 aliphatic carbocycles. The highest BCUT2D eigenvalue weighted by molar-refractivity contribution is 6.99. The SMILES string of the molecule is CC1(C)O[C@@H]2[C@@H](C=CO[C@@H]2CO[Si](c2ccccc2)(c2ccccc2)C(C)(C)C)O1. The minimum Gasteiger partial charge on any atom is -0.493 e. The van der Waals surface area contributed by atoms with Gasteiger partial charge in [0, 0.05) is 0 Å². The van der Waals surface area contributed by atoms with Gasteiger partial charge < -0.3 is 18.6 Å². The molecule has 0 saturated carbocycles. The van der Waals surface area contributed by atoms with Crippen LogP contribution in [0.15, 0.2) is 73.0 Å². The number of rotatable bonds is 5. The van der Waals surface area contributed by atoms with E-state index in [4.69, 9.17) is 18.6 Å². The van der Waals surface area contributed by atoms with Crippen molar-refractivity contribution in [1.29, 1.82) is 0 Å². The number of benzene rings is 2. The van der Waals surface area contributed by atoms with Crippen LogP contribution in [-0.2, 0) is 18.6 Å². The topological polar surface area (TPSA) is 36.9 Å².